The summed E-state index contributed by atoms with van der Waals surface area (Å²) in [4.78, 5) is 68.7. The molecule has 1 saturated heterocycles. The van der Waals surface area contributed by atoms with Crippen molar-refractivity contribution in [2.75, 3.05) is 19.8 Å². The molecule has 15 nitrogen and oxygen atoms in total. The topological polar surface area (TPSA) is 190 Å². The Hall–Kier alpha value is -4.37. The highest BCUT2D eigenvalue weighted by Crippen LogP contribution is 2.50. The van der Waals surface area contributed by atoms with Gasteiger partial charge >= 0.3 is 13.8 Å². The molecule has 2 aliphatic heterocycles. The lowest BCUT2D eigenvalue weighted by Gasteiger charge is -2.30. The minimum Gasteiger partial charge on any atom is -0.471 e. The number of nitrogens with zero attached hydrogens (tertiary/aromatic N) is 3. The molecule has 5 atom stereocenters. The number of carbonyl (C=O) groups is 4. The van der Waals surface area contributed by atoms with Crippen LogP contribution >= 0.6 is 19.1 Å². The first-order valence-corrected chi connectivity index (χ1v) is 22.6. The molecule has 0 bridgehead atoms. The van der Waals surface area contributed by atoms with E-state index in [9.17, 15) is 23.7 Å². The van der Waals surface area contributed by atoms with Crippen molar-refractivity contribution in [1.29, 1.82) is 0 Å². The van der Waals surface area contributed by atoms with E-state index in [1.54, 1.807) is 13.8 Å². The van der Waals surface area contributed by atoms with Gasteiger partial charge in [-0.05, 0) is 76.0 Å². The molecule has 2 saturated carbocycles. The zero-order chi connectivity index (χ0) is 40.0. The molecule has 2 aliphatic carbocycles. The third kappa shape index (κ3) is 9.51. The Labute approximate surface area is 336 Å². The smallest absolute Gasteiger partial charge is 0.434 e. The second-order valence-corrected chi connectivity index (χ2v) is 17.8. The van der Waals surface area contributed by atoms with Crippen LogP contribution in [0.15, 0.2) is 53.9 Å². The fraction of sp³-hybridized carbons (Fsp3) is 0.550. The van der Waals surface area contributed by atoms with Crippen LogP contribution in [0.5, 0.6) is 5.88 Å². The number of hydrogen-bond acceptors (Lipinski definition) is 11. The lowest BCUT2D eigenvalue weighted by Crippen LogP contribution is -2.58. The Morgan fingerprint density at radius 1 is 0.965 bits per heavy atom. The van der Waals surface area contributed by atoms with E-state index in [1.165, 1.54) is 16.2 Å². The highest BCUT2D eigenvalue weighted by atomic mass is 32.1. The van der Waals surface area contributed by atoms with Crippen molar-refractivity contribution in [3.63, 3.8) is 0 Å². The Kier molecular flexibility index (Phi) is 12.9. The molecule has 306 valence electrons. The van der Waals surface area contributed by atoms with Crippen LogP contribution in [0.3, 0.4) is 0 Å². The molecule has 4 aliphatic rings. The van der Waals surface area contributed by atoms with Crippen molar-refractivity contribution < 1.29 is 37.5 Å². The first-order valence-electron chi connectivity index (χ1n) is 20.2. The molecule has 17 heteroatoms. The second-order valence-electron chi connectivity index (χ2n) is 15.1. The normalized spacial score (nSPS) is 26.4. The molecular formula is C40H52N7O8PS. The van der Waals surface area contributed by atoms with Gasteiger partial charge in [-0.2, -0.15) is 0 Å². The molecule has 3 fully saturated rings. The average Bonchev–Trinajstić information content (AvgIpc) is 3.68. The van der Waals surface area contributed by atoms with E-state index in [2.05, 4.69) is 21.0 Å². The zero-order valence-corrected chi connectivity index (χ0v) is 34.2. The number of rotatable bonds is 11. The van der Waals surface area contributed by atoms with Crippen LogP contribution in [0.1, 0.15) is 84.5 Å². The number of nitrogens with one attached hydrogen (secondary N) is 4. The van der Waals surface area contributed by atoms with E-state index in [4.69, 9.17) is 23.8 Å². The van der Waals surface area contributed by atoms with Gasteiger partial charge in [0.25, 0.3) is 5.91 Å². The maximum Gasteiger partial charge on any atom is 0.434 e. The Morgan fingerprint density at radius 3 is 2.42 bits per heavy atom. The first-order chi connectivity index (χ1) is 27.6. The number of thiophene rings is 1. The molecule has 4 N–H and O–H groups in total. The molecule has 1 aromatic carbocycles. The summed E-state index contributed by atoms with van der Waals surface area (Å²) in [5.74, 6) is -1.81. The van der Waals surface area contributed by atoms with Crippen LogP contribution in [-0.4, -0.2) is 88.1 Å². The molecule has 5 amide bonds. The standard InChI is InChI=1S/C40H52N7O8PS/c1-3-53-56(52,54-4-2)46-38(50)40-24-26(40)15-8-6-5-7-9-20-31(44-39(51)41-27-16-10-11-17-27)37(49)47-25-28(23-32(47)35(48)45-40)55-36-34(33-21-14-22-57-33)42-29-18-12-13-19-30(29)43-36/h8,12-15,18-19,21-22,26-28,31-32H,3-7,9-11,16-17,20,23-25H2,1-2H3,(H,45,48)(H2,41,44,51)(H,46,50,52)/b15-8-/t26?,28-,31+,32+,40-/m1/s1. The van der Waals surface area contributed by atoms with Gasteiger partial charge < -0.3 is 25.6 Å². The summed E-state index contributed by atoms with van der Waals surface area (Å²) in [5, 5.41) is 13.4. The van der Waals surface area contributed by atoms with Crippen molar-refractivity contribution in [3.8, 4) is 16.5 Å². The van der Waals surface area contributed by atoms with E-state index in [-0.39, 0.29) is 44.5 Å². The Morgan fingerprint density at radius 2 is 1.70 bits per heavy atom. The first kappa shape index (κ1) is 40.8. The number of amides is 5. The third-order valence-corrected chi connectivity index (χ3v) is 13.6. The predicted octanol–water partition coefficient (Wildman–Crippen LogP) is 6.01. The van der Waals surface area contributed by atoms with Gasteiger partial charge in [-0.15, -0.1) is 11.3 Å². The van der Waals surface area contributed by atoms with Gasteiger partial charge in [0.2, 0.25) is 17.7 Å². The van der Waals surface area contributed by atoms with Gasteiger partial charge in [0.05, 0.1) is 35.7 Å². The van der Waals surface area contributed by atoms with E-state index in [0.29, 0.717) is 29.6 Å². The zero-order valence-electron chi connectivity index (χ0n) is 32.4. The summed E-state index contributed by atoms with van der Waals surface area (Å²) in [6.07, 6.45) is 10.8. The molecule has 1 unspecified atom stereocenters. The fourth-order valence-corrected chi connectivity index (χ4v) is 10.1. The lowest BCUT2D eigenvalue weighted by atomic mass is 10.0. The number of urea groups is 1. The van der Waals surface area contributed by atoms with E-state index in [1.807, 2.05) is 53.9 Å². The largest absolute Gasteiger partial charge is 0.471 e. The average molecular weight is 822 g/mol. The molecule has 2 aromatic heterocycles. The van der Waals surface area contributed by atoms with Gasteiger partial charge in [0, 0.05) is 18.4 Å². The summed E-state index contributed by atoms with van der Waals surface area (Å²) < 4.78 is 30.8. The Bertz CT molecular complexity index is 2000. The molecule has 3 aromatic rings. The molecule has 4 heterocycles. The monoisotopic (exact) mass is 821 g/mol. The van der Waals surface area contributed by atoms with Gasteiger partial charge in [-0.3, -0.25) is 28.5 Å². The minimum absolute atomic E-state index is 0.0180. The van der Waals surface area contributed by atoms with Crippen LogP contribution < -0.4 is 25.8 Å². The van der Waals surface area contributed by atoms with Gasteiger partial charge in [-0.1, -0.05) is 56.0 Å². The van der Waals surface area contributed by atoms with Crippen LogP contribution in [-0.2, 0) is 28.0 Å². The van der Waals surface area contributed by atoms with Gasteiger partial charge in [0.1, 0.15) is 29.4 Å². The van der Waals surface area contributed by atoms with Crippen LogP contribution in [0.4, 0.5) is 4.79 Å². The summed E-state index contributed by atoms with van der Waals surface area (Å²) in [7, 11) is -4.03. The highest BCUT2D eigenvalue weighted by molar-refractivity contribution is 7.52. The summed E-state index contributed by atoms with van der Waals surface area (Å²) in [5.41, 5.74) is 0.411. The number of hydrogen-bond donors (Lipinski definition) is 4. The summed E-state index contributed by atoms with van der Waals surface area (Å²) in [6.45, 7) is 3.36. The summed E-state index contributed by atoms with van der Waals surface area (Å²) >= 11 is 1.49. The number of allylic oxidation sites excluding steroid dienone is 1. The SMILES string of the molecule is CCOP(=O)(NC(=O)[C@@]12CC1/C=C\CCCCC[C@H](NC(=O)NC1CCCC1)C(=O)N1C[C@H](Oc3nc4ccccc4nc3-c3cccs3)C[C@H]1C(=O)N2)OCC. The highest BCUT2D eigenvalue weighted by Gasteiger charge is 2.62. The molecule has 0 radical (unpaired) electrons. The van der Waals surface area contributed by atoms with Crippen LogP contribution in [0.2, 0.25) is 0 Å². The Balaban J connectivity index is 1.20. The number of aromatic nitrogens is 2. The maximum atomic E-state index is 14.7. The number of para-hydroxylation sites is 2. The number of benzene rings is 1. The van der Waals surface area contributed by atoms with Crippen LogP contribution in [0, 0.1) is 5.92 Å². The van der Waals surface area contributed by atoms with Gasteiger partial charge in [-0.25, -0.2) is 19.3 Å². The minimum atomic E-state index is -4.03. The summed E-state index contributed by atoms with van der Waals surface area (Å²) in [6, 6.07) is 8.98. The quantitative estimate of drug-likeness (QED) is 0.132. The van der Waals surface area contributed by atoms with Gasteiger partial charge in [0.15, 0.2) is 0 Å². The second kappa shape index (κ2) is 18.0. The van der Waals surface area contributed by atoms with Crippen LogP contribution in [0.25, 0.3) is 21.6 Å². The molecular weight excluding hydrogens is 770 g/mol. The third-order valence-electron chi connectivity index (χ3n) is 11.0. The molecule has 57 heavy (non-hydrogen) atoms. The van der Waals surface area contributed by atoms with E-state index >= 15 is 0 Å². The predicted molar refractivity (Wildman–Crippen MR) is 215 cm³/mol. The lowest BCUT2D eigenvalue weighted by molar-refractivity contribution is -0.141. The fourth-order valence-electron chi connectivity index (χ4n) is 8.08. The van der Waals surface area contributed by atoms with E-state index < -0.39 is 61.1 Å². The van der Waals surface area contributed by atoms with Crippen molar-refractivity contribution in [3.05, 3.63) is 53.9 Å². The van der Waals surface area contributed by atoms with E-state index in [0.717, 1.165) is 49.8 Å². The number of fused-ring (bicyclic) bond motifs is 3. The van der Waals surface area contributed by atoms with Crippen molar-refractivity contribution in [2.24, 2.45) is 5.92 Å². The number of carbonyl (C=O) groups excluding carboxylic acids is 4. The maximum absolute atomic E-state index is 14.7. The van der Waals surface area contributed by atoms with Crippen molar-refractivity contribution in [2.45, 2.75) is 114 Å². The van der Waals surface area contributed by atoms with Crippen molar-refractivity contribution >= 4 is 53.9 Å². The molecule has 7 rings (SSSR count). The van der Waals surface area contributed by atoms with Crippen molar-refractivity contribution in [1.82, 2.24) is 35.9 Å². The molecule has 0 spiro atoms. The number of ether oxygens (including phenoxy) is 1.